The number of ether oxygens (including phenoxy) is 1. The van der Waals surface area contributed by atoms with Crippen molar-refractivity contribution < 1.29 is 19.4 Å². The summed E-state index contributed by atoms with van der Waals surface area (Å²) in [5.41, 5.74) is 1.14. The Labute approximate surface area is 182 Å². The highest BCUT2D eigenvalue weighted by Crippen LogP contribution is 2.27. The van der Waals surface area contributed by atoms with Crippen LogP contribution in [0.1, 0.15) is 25.3 Å². The molecule has 0 aliphatic carbocycles. The van der Waals surface area contributed by atoms with Gasteiger partial charge in [0.15, 0.2) is 0 Å². The smallest absolute Gasteiger partial charge is 0.410 e. The Morgan fingerprint density at radius 1 is 1.23 bits per heavy atom. The molecule has 8 heteroatoms. The van der Waals surface area contributed by atoms with Gasteiger partial charge < -0.3 is 19.6 Å². The molecule has 164 valence electrons. The van der Waals surface area contributed by atoms with Crippen molar-refractivity contribution in [2.75, 3.05) is 32.8 Å². The highest BCUT2D eigenvalue weighted by molar-refractivity contribution is 6.30. The van der Waals surface area contributed by atoms with E-state index in [0.717, 1.165) is 24.8 Å². The molecule has 0 unspecified atom stereocenters. The van der Waals surface area contributed by atoms with Gasteiger partial charge in [-0.3, -0.25) is 4.90 Å². The van der Waals surface area contributed by atoms with E-state index in [4.69, 9.17) is 16.3 Å². The van der Waals surface area contributed by atoms with Gasteiger partial charge in [-0.15, -0.1) is 0 Å². The highest BCUT2D eigenvalue weighted by atomic mass is 35.5. The molecule has 1 aromatic rings. The molecule has 2 aliphatic heterocycles. The quantitative estimate of drug-likeness (QED) is 0.713. The van der Waals surface area contributed by atoms with Gasteiger partial charge in [-0.2, -0.15) is 0 Å². The van der Waals surface area contributed by atoms with Crippen LogP contribution in [0.15, 0.2) is 36.9 Å². The van der Waals surface area contributed by atoms with Crippen LogP contribution in [0.4, 0.5) is 9.59 Å². The Bertz CT molecular complexity index is 749. The molecule has 2 atom stereocenters. The molecule has 0 saturated carbocycles. The number of piperazine rings is 1. The molecular weight excluding hydrogens is 406 g/mol. The summed E-state index contributed by atoms with van der Waals surface area (Å²) in [4.78, 5) is 29.6. The van der Waals surface area contributed by atoms with Crippen molar-refractivity contribution in [2.45, 2.75) is 44.3 Å². The van der Waals surface area contributed by atoms with Gasteiger partial charge in [-0.1, -0.05) is 36.4 Å². The number of hydrogen-bond donors (Lipinski definition) is 1. The van der Waals surface area contributed by atoms with Crippen molar-refractivity contribution in [1.29, 1.82) is 0 Å². The van der Waals surface area contributed by atoms with Crippen LogP contribution >= 0.6 is 11.6 Å². The van der Waals surface area contributed by atoms with Crippen molar-refractivity contribution in [2.24, 2.45) is 0 Å². The van der Waals surface area contributed by atoms with Crippen molar-refractivity contribution in [3.05, 3.63) is 47.5 Å². The van der Waals surface area contributed by atoms with E-state index in [9.17, 15) is 14.7 Å². The summed E-state index contributed by atoms with van der Waals surface area (Å²) in [5.74, 6) is 0. The molecule has 2 aliphatic rings. The summed E-state index contributed by atoms with van der Waals surface area (Å²) < 4.78 is 5.15. The molecule has 1 aromatic carbocycles. The first-order chi connectivity index (χ1) is 14.4. The molecule has 2 amide bonds. The Balaban J connectivity index is 1.68. The van der Waals surface area contributed by atoms with Crippen molar-refractivity contribution >= 4 is 23.8 Å². The number of halogens is 1. The van der Waals surface area contributed by atoms with Crippen LogP contribution in [0.25, 0.3) is 0 Å². The van der Waals surface area contributed by atoms with E-state index in [0.29, 0.717) is 37.2 Å². The molecule has 2 saturated heterocycles. The standard InChI is InChI=1S/C22H30ClN3O4/c1-3-12-30-22(29)24-10-8-19(9-11-24)26-14-16(2)25(21(27)28)15-20(26)13-17-4-6-18(23)7-5-17/h3-7,16,19-20H,1,8-15H2,2H3,(H,27,28)/t16-,20-/m0/s1. The van der Waals surface area contributed by atoms with Gasteiger partial charge in [0.05, 0.1) is 0 Å². The number of piperidine rings is 1. The Morgan fingerprint density at radius 2 is 1.90 bits per heavy atom. The third kappa shape index (κ3) is 5.46. The second-order valence-electron chi connectivity index (χ2n) is 8.05. The monoisotopic (exact) mass is 435 g/mol. The minimum Gasteiger partial charge on any atom is -0.465 e. The Kier molecular flexibility index (Phi) is 7.61. The van der Waals surface area contributed by atoms with E-state index >= 15 is 0 Å². The van der Waals surface area contributed by atoms with Crippen LogP contribution in [0.5, 0.6) is 0 Å². The van der Waals surface area contributed by atoms with Crippen LogP contribution < -0.4 is 0 Å². The molecule has 2 fully saturated rings. The van der Waals surface area contributed by atoms with E-state index in [1.807, 2.05) is 31.2 Å². The van der Waals surface area contributed by atoms with Gasteiger partial charge in [0.25, 0.3) is 0 Å². The average molecular weight is 436 g/mol. The number of benzene rings is 1. The number of carbonyl (C=O) groups excluding carboxylic acids is 1. The molecule has 7 nitrogen and oxygen atoms in total. The summed E-state index contributed by atoms with van der Waals surface area (Å²) in [6.45, 7) is 8.19. The lowest BCUT2D eigenvalue weighted by Crippen LogP contribution is -2.63. The first-order valence-corrected chi connectivity index (χ1v) is 10.8. The fourth-order valence-corrected chi connectivity index (χ4v) is 4.58. The molecule has 2 heterocycles. The third-order valence-electron chi connectivity index (χ3n) is 6.03. The maximum absolute atomic E-state index is 12.1. The molecule has 0 radical (unpaired) electrons. The van der Waals surface area contributed by atoms with E-state index < -0.39 is 6.09 Å². The van der Waals surface area contributed by atoms with Crippen molar-refractivity contribution in [1.82, 2.24) is 14.7 Å². The number of nitrogens with zero attached hydrogens (tertiary/aromatic N) is 3. The summed E-state index contributed by atoms with van der Waals surface area (Å²) in [7, 11) is 0. The van der Waals surface area contributed by atoms with Crippen LogP contribution in [-0.2, 0) is 11.2 Å². The van der Waals surface area contributed by atoms with Gasteiger partial charge >= 0.3 is 12.2 Å². The van der Waals surface area contributed by atoms with E-state index in [1.54, 1.807) is 15.9 Å². The molecular formula is C22H30ClN3O4. The second kappa shape index (κ2) is 10.2. The number of rotatable bonds is 5. The van der Waals surface area contributed by atoms with Gasteiger partial charge in [0.2, 0.25) is 0 Å². The summed E-state index contributed by atoms with van der Waals surface area (Å²) >= 11 is 6.02. The topological polar surface area (TPSA) is 73.3 Å². The average Bonchev–Trinajstić information content (AvgIpc) is 2.74. The molecule has 3 rings (SSSR count). The lowest BCUT2D eigenvalue weighted by molar-refractivity contribution is -0.00497. The minimum atomic E-state index is -0.872. The van der Waals surface area contributed by atoms with Gasteiger partial charge in [0.1, 0.15) is 6.61 Å². The summed E-state index contributed by atoms with van der Waals surface area (Å²) in [6.07, 6.45) is 2.85. The molecule has 1 N–H and O–H groups in total. The number of carboxylic acid groups (broad SMARTS) is 1. The van der Waals surface area contributed by atoms with Crippen LogP contribution in [0.2, 0.25) is 5.02 Å². The predicted molar refractivity (Wildman–Crippen MR) is 116 cm³/mol. The molecule has 0 bridgehead atoms. The normalized spacial score (nSPS) is 23.3. The Morgan fingerprint density at radius 3 is 2.50 bits per heavy atom. The van der Waals surface area contributed by atoms with Crippen molar-refractivity contribution in [3.8, 4) is 0 Å². The SMILES string of the molecule is C=CCOC(=O)N1CCC(N2C[C@H](C)N(C(=O)O)C[C@@H]2Cc2ccc(Cl)cc2)CC1. The third-order valence-corrected chi connectivity index (χ3v) is 6.28. The van der Waals surface area contributed by atoms with Gasteiger partial charge in [-0.05, 0) is 43.9 Å². The summed E-state index contributed by atoms with van der Waals surface area (Å²) in [5, 5.41) is 10.3. The number of hydrogen-bond acceptors (Lipinski definition) is 4. The van der Waals surface area contributed by atoms with Crippen LogP contribution in [-0.4, -0.2) is 82.9 Å². The zero-order valence-electron chi connectivity index (χ0n) is 17.4. The largest absolute Gasteiger partial charge is 0.465 e. The predicted octanol–water partition coefficient (Wildman–Crippen LogP) is 3.72. The lowest BCUT2D eigenvalue weighted by Gasteiger charge is -2.49. The van der Waals surface area contributed by atoms with Gasteiger partial charge in [-0.25, -0.2) is 9.59 Å². The number of carbonyl (C=O) groups is 2. The van der Waals surface area contributed by atoms with Crippen LogP contribution in [0.3, 0.4) is 0 Å². The number of likely N-dealkylation sites (tertiary alicyclic amines) is 1. The maximum Gasteiger partial charge on any atom is 0.410 e. The van der Waals surface area contributed by atoms with E-state index in [1.165, 1.54) is 0 Å². The molecule has 0 aromatic heterocycles. The molecule has 0 spiro atoms. The van der Waals surface area contributed by atoms with Gasteiger partial charge in [0, 0.05) is 49.3 Å². The fraction of sp³-hybridized carbons (Fsp3) is 0.545. The first-order valence-electron chi connectivity index (χ1n) is 10.4. The highest BCUT2D eigenvalue weighted by Gasteiger charge is 2.39. The minimum absolute atomic E-state index is 0.0699. The Hall–Kier alpha value is -2.25. The molecule has 30 heavy (non-hydrogen) atoms. The second-order valence-corrected chi connectivity index (χ2v) is 8.49. The zero-order valence-corrected chi connectivity index (χ0v) is 18.1. The van der Waals surface area contributed by atoms with E-state index in [-0.39, 0.29) is 24.8 Å². The number of amides is 2. The first kappa shape index (κ1) is 22.4. The van der Waals surface area contributed by atoms with Crippen molar-refractivity contribution in [3.63, 3.8) is 0 Å². The zero-order chi connectivity index (χ0) is 21.7. The maximum atomic E-state index is 12.1. The lowest BCUT2D eigenvalue weighted by atomic mass is 9.94. The fourth-order valence-electron chi connectivity index (χ4n) is 4.45. The summed E-state index contributed by atoms with van der Waals surface area (Å²) in [6, 6.07) is 8.07. The van der Waals surface area contributed by atoms with Crippen LogP contribution in [0, 0.1) is 0 Å². The van der Waals surface area contributed by atoms with E-state index in [2.05, 4.69) is 11.5 Å².